The lowest BCUT2D eigenvalue weighted by molar-refractivity contribution is -0.137. The van der Waals surface area contributed by atoms with Crippen molar-refractivity contribution in [3.8, 4) is 0 Å². The zero-order valence-electron chi connectivity index (χ0n) is 13.4. The number of allylic oxidation sites excluding steroid dienone is 1. The topological polar surface area (TPSA) is 109 Å². The summed E-state index contributed by atoms with van der Waals surface area (Å²) < 4.78 is 1.77. The van der Waals surface area contributed by atoms with Crippen LogP contribution in [0.25, 0.3) is 0 Å². The number of aliphatic hydroxyl groups is 1. The number of ketones is 1. The number of carbonyl (C=O) groups is 3. The number of aliphatic hydroxyl groups excluding tert-OH is 1. The third-order valence-corrected chi connectivity index (χ3v) is 5.08. The number of nitrogens with one attached hydrogen (secondary N) is 1. The van der Waals surface area contributed by atoms with Gasteiger partial charge in [0.05, 0.1) is 5.69 Å². The zero-order chi connectivity index (χ0) is 17.5. The smallest absolute Gasteiger partial charge is 0.322 e. The molecule has 0 radical (unpaired) electrons. The lowest BCUT2D eigenvalue weighted by Gasteiger charge is -2.43. The van der Waals surface area contributed by atoms with E-state index in [1.165, 1.54) is 0 Å². The summed E-state index contributed by atoms with van der Waals surface area (Å²) in [4.78, 5) is 35.6. The van der Waals surface area contributed by atoms with E-state index in [0.29, 0.717) is 24.5 Å². The molecule has 7 heteroatoms. The first-order valence-corrected chi connectivity index (χ1v) is 8.03. The molecule has 0 aromatic carbocycles. The van der Waals surface area contributed by atoms with Gasteiger partial charge in [-0.15, -0.1) is 0 Å². The molecular weight excluding hydrogens is 312 g/mol. The minimum atomic E-state index is -1.21. The predicted molar refractivity (Wildman–Crippen MR) is 84.7 cm³/mol. The molecule has 2 aliphatic rings. The molecule has 0 unspecified atom stereocenters. The molecule has 2 heterocycles. The number of carbonyl (C=O) groups excluding carboxylic acids is 2. The number of amides is 1. The van der Waals surface area contributed by atoms with E-state index in [1.807, 2.05) is 0 Å². The highest BCUT2D eigenvalue weighted by Crippen LogP contribution is 2.46. The second kappa shape index (κ2) is 5.81. The van der Waals surface area contributed by atoms with Gasteiger partial charge in [-0.25, -0.2) is 0 Å². The number of hydrogen-bond donors (Lipinski definition) is 3. The third-order valence-electron chi connectivity index (χ3n) is 5.08. The first kappa shape index (κ1) is 16.3. The molecule has 0 saturated heterocycles. The van der Waals surface area contributed by atoms with Crippen molar-refractivity contribution in [3.05, 3.63) is 35.4 Å². The molecule has 0 bridgehead atoms. The van der Waals surface area contributed by atoms with E-state index in [1.54, 1.807) is 22.9 Å². The van der Waals surface area contributed by atoms with Crippen LogP contribution in [-0.2, 0) is 15.1 Å². The second-order valence-electron chi connectivity index (χ2n) is 6.61. The molecule has 0 atom stereocenters. The molecule has 1 amide bonds. The molecule has 1 fully saturated rings. The number of aromatic nitrogens is 1. The molecule has 1 aromatic rings. The zero-order valence-corrected chi connectivity index (χ0v) is 13.4. The van der Waals surface area contributed by atoms with Crippen LogP contribution in [0, 0.1) is 5.92 Å². The number of nitrogens with zero attached hydrogens (tertiary/aromatic N) is 1. The van der Waals surface area contributed by atoms with Crippen LogP contribution in [0.4, 0.5) is 0 Å². The summed E-state index contributed by atoms with van der Waals surface area (Å²) in [5.41, 5.74) is -0.783. The van der Waals surface area contributed by atoms with Crippen molar-refractivity contribution in [3.63, 3.8) is 0 Å². The first-order valence-electron chi connectivity index (χ1n) is 8.03. The Morgan fingerprint density at radius 2 is 2.04 bits per heavy atom. The van der Waals surface area contributed by atoms with E-state index in [4.69, 9.17) is 5.11 Å². The quantitative estimate of drug-likeness (QED) is 0.729. The van der Waals surface area contributed by atoms with E-state index in [2.05, 4.69) is 12.2 Å². The van der Waals surface area contributed by atoms with Crippen LogP contribution >= 0.6 is 0 Å². The van der Waals surface area contributed by atoms with Crippen molar-refractivity contribution in [1.82, 2.24) is 9.88 Å². The average molecular weight is 332 g/mol. The van der Waals surface area contributed by atoms with Gasteiger partial charge in [0.25, 0.3) is 5.91 Å². The highest BCUT2D eigenvalue weighted by molar-refractivity contribution is 6.26. The number of Topliss-reactive ketones (excluding diaryl/α,β-unsaturated/α-hetero) is 1. The standard InChI is InChI=1S/C17H20N2O5/c1-10-4-6-17(7-5-10)15(23)13(16(24)18-9-12(20)21)14(22)11-3-2-8-19(11)17/h2-3,8,10,23H,4-7,9H2,1H3,(H,18,24)(H,20,21)/t10-,17+. The Labute approximate surface area is 139 Å². The van der Waals surface area contributed by atoms with E-state index in [0.717, 1.165) is 12.8 Å². The maximum atomic E-state index is 12.6. The van der Waals surface area contributed by atoms with Crippen molar-refractivity contribution in [2.45, 2.75) is 38.1 Å². The van der Waals surface area contributed by atoms with Crippen LogP contribution in [0.1, 0.15) is 43.1 Å². The fourth-order valence-electron chi connectivity index (χ4n) is 3.69. The summed E-state index contributed by atoms with van der Waals surface area (Å²) in [6.45, 7) is 1.53. The van der Waals surface area contributed by atoms with Crippen molar-refractivity contribution in [2.24, 2.45) is 5.92 Å². The summed E-state index contributed by atoms with van der Waals surface area (Å²) >= 11 is 0. The highest BCUT2D eigenvalue weighted by Gasteiger charge is 2.48. The molecule has 128 valence electrons. The monoisotopic (exact) mass is 332 g/mol. The average Bonchev–Trinajstić information content (AvgIpc) is 3.03. The molecule has 1 aliphatic carbocycles. The second-order valence-corrected chi connectivity index (χ2v) is 6.61. The van der Waals surface area contributed by atoms with Crippen LogP contribution in [-0.4, -0.2) is 39.0 Å². The number of carboxylic acids is 1. The van der Waals surface area contributed by atoms with Gasteiger partial charge in [-0.2, -0.15) is 0 Å². The Balaban J connectivity index is 2.05. The normalized spacial score (nSPS) is 26.4. The summed E-state index contributed by atoms with van der Waals surface area (Å²) in [6, 6.07) is 3.34. The van der Waals surface area contributed by atoms with Gasteiger partial charge >= 0.3 is 5.97 Å². The van der Waals surface area contributed by atoms with Gasteiger partial charge in [-0.3, -0.25) is 14.4 Å². The number of hydrogen-bond acceptors (Lipinski definition) is 4. The van der Waals surface area contributed by atoms with Crippen LogP contribution < -0.4 is 5.32 Å². The van der Waals surface area contributed by atoms with Crippen molar-refractivity contribution in [2.75, 3.05) is 6.54 Å². The first-order chi connectivity index (χ1) is 11.4. The van der Waals surface area contributed by atoms with Gasteiger partial charge in [0.15, 0.2) is 0 Å². The van der Waals surface area contributed by atoms with E-state index in [-0.39, 0.29) is 11.3 Å². The molecule has 7 nitrogen and oxygen atoms in total. The van der Waals surface area contributed by atoms with Gasteiger partial charge in [-0.05, 0) is 43.7 Å². The van der Waals surface area contributed by atoms with Crippen LogP contribution in [0.15, 0.2) is 29.7 Å². The van der Waals surface area contributed by atoms with Crippen molar-refractivity contribution in [1.29, 1.82) is 0 Å². The maximum Gasteiger partial charge on any atom is 0.322 e. The third kappa shape index (κ3) is 2.40. The molecule has 3 rings (SSSR count). The van der Waals surface area contributed by atoms with Gasteiger partial charge < -0.3 is 20.1 Å². The lowest BCUT2D eigenvalue weighted by atomic mass is 9.72. The fourth-order valence-corrected chi connectivity index (χ4v) is 3.69. The summed E-state index contributed by atoms with van der Waals surface area (Å²) in [6.07, 6.45) is 4.76. The number of fused-ring (bicyclic) bond motifs is 2. The Hall–Kier alpha value is -2.57. The van der Waals surface area contributed by atoms with Crippen molar-refractivity contribution >= 4 is 17.7 Å². The summed E-state index contributed by atoms with van der Waals surface area (Å²) in [5.74, 6) is -2.36. The Bertz CT molecular complexity index is 738. The van der Waals surface area contributed by atoms with Crippen LogP contribution in [0.5, 0.6) is 0 Å². The SMILES string of the molecule is C[C@H]1CC[C@@]2(CC1)C(O)=C(C(=O)NCC(=O)O)C(=O)c1cccn12. The summed E-state index contributed by atoms with van der Waals surface area (Å²) in [7, 11) is 0. The Kier molecular flexibility index (Phi) is 3.95. The minimum absolute atomic E-state index is 0.244. The fraction of sp³-hybridized carbons (Fsp3) is 0.471. The van der Waals surface area contributed by atoms with Gasteiger partial charge in [0.1, 0.15) is 23.4 Å². The van der Waals surface area contributed by atoms with E-state index >= 15 is 0 Å². The van der Waals surface area contributed by atoms with Crippen molar-refractivity contribution < 1.29 is 24.6 Å². The largest absolute Gasteiger partial charge is 0.509 e. The maximum absolute atomic E-state index is 12.6. The van der Waals surface area contributed by atoms with E-state index < -0.39 is 29.7 Å². The molecular formula is C17H20N2O5. The van der Waals surface area contributed by atoms with Gasteiger partial charge in [0, 0.05) is 6.20 Å². The molecule has 24 heavy (non-hydrogen) atoms. The van der Waals surface area contributed by atoms with Gasteiger partial charge in [0.2, 0.25) is 5.78 Å². The highest BCUT2D eigenvalue weighted by atomic mass is 16.4. The minimum Gasteiger partial charge on any atom is -0.509 e. The van der Waals surface area contributed by atoms with Crippen LogP contribution in [0.3, 0.4) is 0 Å². The summed E-state index contributed by atoms with van der Waals surface area (Å²) in [5, 5.41) is 21.7. The predicted octanol–water partition coefficient (Wildman–Crippen LogP) is 1.60. The number of carboxylic acid groups (broad SMARTS) is 1. The lowest BCUT2D eigenvalue weighted by Crippen LogP contribution is -2.47. The molecule has 3 N–H and O–H groups in total. The van der Waals surface area contributed by atoms with Gasteiger partial charge in [-0.1, -0.05) is 6.92 Å². The molecule has 1 aromatic heterocycles. The molecule has 1 aliphatic heterocycles. The number of rotatable bonds is 3. The Morgan fingerprint density at radius 3 is 2.67 bits per heavy atom. The van der Waals surface area contributed by atoms with Crippen LogP contribution in [0.2, 0.25) is 0 Å². The molecule has 1 saturated carbocycles. The number of aliphatic carboxylic acids is 1. The van der Waals surface area contributed by atoms with E-state index in [9.17, 15) is 19.5 Å². The molecule has 1 spiro atoms. The Morgan fingerprint density at radius 1 is 1.38 bits per heavy atom.